The minimum absolute atomic E-state index is 0.151. The maximum Gasteiger partial charge on any atom is 0.236 e. The van der Waals surface area contributed by atoms with Gasteiger partial charge in [-0.1, -0.05) is 24.3 Å². The third-order valence-corrected chi connectivity index (χ3v) is 6.70. The molecular formula is C23H27N3O2S. The molecule has 1 atom stereocenters. The van der Waals surface area contributed by atoms with E-state index in [9.17, 15) is 4.79 Å². The van der Waals surface area contributed by atoms with Gasteiger partial charge in [-0.25, -0.2) is 4.98 Å². The van der Waals surface area contributed by atoms with Gasteiger partial charge in [0.1, 0.15) is 5.75 Å². The fourth-order valence-electron chi connectivity index (χ4n) is 3.91. The number of carbonyl (C=O) groups is 1. The molecule has 152 valence electrons. The van der Waals surface area contributed by atoms with Crippen LogP contribution in [0.5, 0.6) is 5.75 Å². The SMILES string of the molecule is COc1cccc(CN(C)C(=O)CN2CCC[C@H](c3nc4ccccc4s3)C2)c1. The average Bonchev–Trinajstić information content (AvgIpc) is 3.18. The number of nitrogens with zero attached hydrogens (tertiary/aromatic N) is 3. The Bertz CT molecular complexity index is 954. The summed E-state index contributed by atoms with van der Waals surface area (Å²) >= 11 is 1.79. The molecule has 0 spiro atoms. The molecule has 1 amide bonds. The zero-order valence-corrected chi connectivity index (χ0v) is 17.8. The summed E-state index contributed by atoms with van der Waals surface area (Å²) in [6.07, 6.45) is 2.25. The first kappa shape index (κ1) is 19.9. The second-order valence-corrected chi connectivity index (χ2v) is 8.76. The molecule has 1 fully saturated rings. The number of para-hydroxylation sites is 1. The summed E-state index contributed by atoms with van der Waals surface area (Å²) in [6.45, 7) is 2.92. The molecule has 1 saturated heterocycles. The number of likely N-dealkylation sites (tertiary alicyclic amines) is 1. The van der Waals surface area contributed by atoms with Crippen molar-refractivity contribution in [2.75, 3.05) is 33.8 Å². The number of benzene rings is 2. The summed E-state index contributed by atoms with van der Waals surface area (Å²) in [4.78, 5) is 21.7. The number of hydrogen-bond acceptors (Lipinski definition) is 5. The third-order valence-electron chi connectivity index (χ3n) is 5.50. The largest absolute Gasteiger partial charge is 0.497 e. The summed E-state index contributed by atoms with van der Waals surface area (Å²) in [5, 5.41) is 1.20. The van der Waals surface area contributed by atoms with Gasteiger partial charge in [-0.2, -0.15) is 0 Å². The molecule has 0 unspecified atom stereocenters. The van der Waals surface area contributed by atoms with E-state index in [0.717, 1.165) is 42.8 Å². The molecule has 3 aromatic rings. The average molecular weight is 410 g/mol. The van der Waals surface area contributed by atoms with Gasteiger partial charge in [-0.15, -0.1) is 11.3 Å². The Morgan fingerprint density at radius 3 is 2.97 bits per heavy atom. The van der Waals surface area contributed by atoms with Gasteiger partial charge >= 0.3 is 0 Å². The highest BCUT2D eigenvalue weighted by Gasteiger charge is 2.26. The van der Waals surface area contributed by atoms with Crippen LogP contribution in [0.1, 0.15) is 29.3 Å². The molecule has 0 aliphatic carbocycles. The van der Waals surface area contributed by atoms with Crippen LogP contribution >= 0.6 is 11.3 Å². The van der Waals surface area contributed by atoms with E-state index in [1.165, 1.54) is 9.71 Å². The predicted octanol–water partition coefficient (Wildman–Crippen LogP) is 4.14. The van der Waals surface area contributed by atoms with E-state index < -0.39 is 0 Å². The first-order chi connectivity index (χ1) is 14.1. The molecule has 0 saturated carbocycles. The quantitative estimate of drug-likeness (QED) is 0.614. The van der Waals surface area contributed by atoms with Gasteiger partial charge in [0.25, 0.3) is 0 Å². The van der Waals surface area contributed by atoms with Crippen molar-refractivity contribution < 1.29 is 9.53 Å². The van der Waals surface area contributed by atoms with E-state index in [1.54, 1.807) is 23.3 Å². The maximum atomic E-state index is 12.8. The maximum absolute atomic E-state index is 12.8. The van der Waals surface area contributed by atoms with Gasteiger partial charge < -0.3 is 9.64 Å². The highest BCUT2D eigenvalue weighted by molar-refractivity contribution is 7.18. The van der Waals surface area contributed by atoms with Gasteiger partial charge in [-0.05, 0) is 49.2 Å². The Labute approximate surface area is 175 Å². The van der Waals surface area contributed by atoms with Crippen LogP contribution in [0.25, 0.3) is 10.2 Å². The van der Waals surface area contributed by atoms with Crippen molar-refractivity contribution in [3.8, 4) is 5.75 Å². The molecule has 1 aromatic heterocycles. The Balaban J connectivity index is 1.36. The first-order valence-corrected chi connectivity index (χ1v) is 10.9. The van der Waals surface area contributed by atoms with E-state index in [4.69, 9.17) is 9.72 Å². The van der Waals surface area contributed by atoms with E-state index in [1.807, 2.05) is 37.4 Å². The number of likely N-dealkylation sites (N-methyl/N-ethyl adjacent to an activating group) is 1. The normalized spacial score (nSPS) is 17.4. The summed E-state index contributed by atoms with van der Waals surface area (Å²) in [7, 11) is 3.53. The summed E-state index contributed by atoms with van der Waals surface area (Å²) in [5.41, 5.74) is 2.16. The highest BCUT2D eigenvalue weighted by atomic mass is 32.1. The van der Waals surface area contributed by atoms with E-state index >= 15 is 0 Å². The van der Waals surface area contributed by atoms with Crippen molar-refractivity contribution in [2.45, 2.75) is 25.3 Å². The van der Waals surface area contributed by atoms with Crippen LogP contribution in [0.15, 0.2) is 48.5 Å². The lowest BCUT2D eigenvalue weighted by Crippen LogP contribution is -2.42. The predicted molar refractivity (Wildman–Crippen MR) is 118 cm³/mol. The molecule has 0 radical (unpaired) electrons. The Morgan fingerprint density at radius 1 is 1.28 bits per heavy atom. The van der Waals surface area contributed by atoms with Crippen LogP contribution in [0.4, 0.5) is 0 Å². The number of fused-ring (bicyclic) bond motifs is 1. The minimum atomic E-state index is 0.151. The monoisotopic (exact) mass is 409 g/mol. The van der Waals surface area contributed by atoms with Crippen LogP contribution in [0, 0.1) is 0 Å². The molecule has 4 rings (SSSR count). The van der Waals surface area contributed by atoms with Gasteiger partial charge in [-0.3, -0.25) is 9.69 Å². The van der Waals surface area contributed by atoms with Crippen molar-refractivity contribution >= 4 is 27.5 Å². The second kappa shape index (κ2) is 8.93. The van der Waals surface area contributed by atoms with E-state index in [0.29, 0.717) is 19.0 Å². The molecular weight excluding hydrogens is 382 g/mol. The second-order valence-electron chi connectivity index (χ2n) is 7.70. The molecule has 1 aliphatic rings. The fraction of sp³-hybridized carbons (Fsp3) is 0.391. The van der Waals surface area contributed by atoms with Gasteiger partial charge in [0, 0.05) is 26.1 Å². The molecule has 5 nitrogen and oxygen atoms in total. The number of rotatable bonds is 6. The van der Waals surface area contributed by atoms with Crippen molar-refractivity contribution in [3.63, 3.8) is 0 Å². The van der Waals surface area contributed by atoms with Gasteiger partial charge in [0.15, 0.2) is 0 Å². The zero-order chi connectivity index (χ0) is 20.2. The lowest BCUT2D eigenvalue weighted by Gasteiger charge is -2.32. The highest BCUT2D eigenvalue weighted by Crippen LogP contribution is 2.32. The molecule has 6 heteroatoms. The van der Waals surface area contributed by atoms with Crippen molar-refractivity contribution in [2.24, 2.45) is 0 Å². The topological polar surface area (TPSA) is 45.7 Å². The smallest absolute Gasteiger partial charge is 0.236 e. The number of aromatic nitrogens is 1. The number of hydrogen-bond donors (Lipinski definition) is 0. The molecule has 2 aromatic carbocycles. The number of methoxy groups -OCH3 is 1. The molecule has 29 heavy (non-hydrogen) atoms. The minimum Gasteiger partial charge on any atom is -0.497 e. The Kier molecular flexibility index (Phi) is 6.11. The summed E-state index contributed by atoms with van der Waals surface area (Å²) < 4.78 is 6.52. The number of amides is 1. The number of thiazole rings is 1. The van der Waals surface area contributed by atoms with Crippen LogP contribution in [0.2, 0.25) is 0 Å². The molecule has 1 aliphatic heterocycles. The van der Waals surface area contributed by atoms with Crippen LogP contribution in [0.3, 0.4) is 0 Å². The third kappa shape index (κ3) is 4.77. The standard InChI is InChI=1S/C23H27N3O2S/c1-25(14-17-7-5-9-19(13-17)28-2)22(27)16-26-12-6-8-18(15-26)23-24-20-10-3-4-11-21(20)29-23/h3-5,7,9-11,13,18H,6,8,12,14-16H2,1-2H3/t18-/m0/s1. The zero-order valence-electron chi connectivity index (χ0n) is 17.0. The van der Waals surface area contributed by atoms with Crippen LogP contribution in [-0.2, 0) is 11.3 Å². The van der Waals surface area contributed by atoms with Gasteiger partial charge in [0.2, 0.25) is 5.91 Å². The number of carbonyl (C=O) groups excluding carboxylic acids is 1. The van der Waals surface area contributed by atoms with E-state index in [-0.39, 0.29) is 5.91 Å². The Morgan fingerprint density at radius 2 is 2.14 bits per heavy atom. The molecule has 2 heterocycles. The van der Waals surface area contributed by atoms with Crippen LogP contribution < -0.4 is 4.74 Å². The lowest BCUT2D eigenvalue weighted by atomic mass is 9.98. The Hall–Kier alpha value is -2.44. The number of ether oxygens (including phenoxy) is 1. The van der Waals surface area contributed by atoms with Gasteiger partial charge in [0.05, 0.1) is 28.9 Å². The van der Waals surface area contributed by atoms with E-state index in [2.05, 4.69) is 23.1 Å². The van der Waals surface area contributed by atoms with Crippen molar-refractivity contribution in [1.82, 2.24) is 14.8 Å². The summed E-state index contributed by atoms with van der Waals surface area (Å²) in [6, 6.07) is 16.2. The summed E-state index contributed by atoms with van der Waals surface area (Å²) in [5.74, 6) is 1.38. The fourth-order valence-corrected chi connectivity index (χ4v) is 5.00. The van der Waals surface area contributed by atoms with Crippen molar-refractivity contribution in [3.05, 3.63) is 59.1 Å². The molecule has 0 bridgehead atoms. The lowest BCUT2D eigenvalue weighted by molar-refractivity contribution is -0.131. The van der Waals surface area contributed by atoms with Crippen molar-refractivity contribution in [1.29, 1.82) is 0 Å². The molecule has 0 N–H and O–H groups in total. The first-order valence-electron chi connectivity index (χ1n) is 10.1. The number of piperidine rings is 1. The van der Waals surface area contributed by atoms with Crippen LogP contribution in [-0.4, -0.2) is 54.5 Å².